The van der Waals surface area contributed by atoms with E-state index in [2.05, 4.69) is 20.6 Å². The van der Waals surface area contributed by atoms with Gasteiger partial charge in [-0.25, -0.2) is 9.97 Å². The van der Waals surface area contributed by atoms with Crippen LogP contribution in [0, 0.1) is 6.92 Å². The highest BCUT2D eigenvalue weighted by atomic mass is 15.1. The molecule has 1 fully saturated rings. The van der Waals surface area contributed by atoms with Gasteiger partial charge in [-0.15, -0.1) is 0 Å². The van der Waals surface area contributed by atoms with E-state index in [-0.39, 0.29) is 0 Å². The molecule has 1 aromatic rings. The molecule has 0 radical (unpaired) electrons. The van der Waals surface area contributed by atoms with Crippen molar-refractivity contribution in [3.63, 3.8) is 0 Å². The molecule has 4 nitrogen and oxygen atoms in total. The standard InChI is InChI=1S/C13H20N4/c1-9-15-11-7-4-8-14-12(11)13(16-9)17-10-5-2-3-6-10/h10,14H,2-8H2,1H3,(H,15,16,17). The van der Waals surface area contributed by atoms with Crippen molar-refractivity contribution in [1.29, 1.82) is 0 Å². The first kappa shape index (κ1) is 10.8. The second-order valence-electron chi connectivity index (χ2n) is 5.10. The van der Waals surface area contributed by atoms with Gasteiger partial charge in [0, 0.05) is 12.6 Å². The van der Waals surface area contributed by atoms with Crippen LogP contribution in [0.2, 0.25) is 0 Å². The summed E-state index contributed by atoms with van der Waals surface area (Å²) in [4.78, 5) is 9.10. The van der Waals surface area contributed by atoms with Crippen LogP contribution in [-0.4, -0.2) is 22.6 Å². The van der Waals surface area contributed by atoms with Crippen LogP contribution >= 0.6 is 0 Å². The third-order valence-electron chi connectivity index (χ3n) is 3.68. The van der Waals surface area contributed by atoms with E-state index in [0.717, 1.165) is 30.3 Å². The Labute approximate surface area is 102 Å². The van der Waals surface area contributed by atoms with Crippen molar-refractivity contribution in [2.45, 2.75) is 51.5 Å². The average Bonchev–Trinajstić information content (AvgIpc) is 2.81. The van der Waals surface area contributed by atoms with Crippen LogP contribution in [0.1, 0.15) is 43.6 Å². The van der Waals surface area contributed by atoms with Gasteiger partial charge in [0.2, 0.25) is 0 Å². The number of fused-ring (bicyclic) bond motifs is 1. The highest BCUT2D eigenvalue weighted by Gasteiger charge is 2.20. The summed E-state index contributed by atoms with van der Waals surface area (Å²) in [5.74, 6) is 1.91. The summed E-state index contributed by atoms with van der Waals surface area (Å²) in [6.07, 6.45) is 7.49. The Bertz CT molecular complexity index is 410. The van der Waals surface area contributed by atoms with Crippen molar-refractivity contribution in [2.24, 2.45) is 0 Å². The Kier molecular flexibility index (Phi) is 2.87. The zero-order valence-electron chi connectivity index (χ0n) is 10.4. The smallest absolute Gasteiger partial charge is 0.153 e. The quantitative estimate of drug-likeness (QED) is 0.822. The molecule has 0 aromatic carbocycles. The number of nitrogens with zero attached hydrogens (tertiary/aromatic N) is 2. The SMILES string of the molecule is Cc1nc2c(c(NC3CCCC3)n1)NCCC2. The predicted molar refractivity (Wildman–Crippen MR) is 69.5 cm³/mol. The lowest BCUT2D eigenvalue weighted by Gasteiger charge is -2.22. The summed E-state index contributed by atoms with van der Waals surface area (Å²) in [5, 5.41) is 7.04. The second-order valence-corrected chi connectivity index (χ2v) is 5.10. The summed E-state index contributed by atoms with van der Waals surface area (Å²) in [6.45, 7) is 3.02. The highest BCUT2D eigenvalue weighted by molar-refractivity contribution is 5.68. The lowest BCUT2D eigenvalue weighted by atomic mass is 10.1. The molecule has 1 aliphatic carbocycles. The van der Waals surface area contributed by atoms with E-state index in [4.69, 9.17) is 0 Å². The first-order valence-corrected chi connectivity index (χ1v) is 6.71. The van der Waals surface area contributed by atoms with Gasteiger partial charge >= 0.3 is 0 Å². The number of anilines is 2. The Hall–Kier alpha value is -1.32. The molecule has 0 spiro atoms. The maximum absolute atomic E-state index is 4.57. The van der Waals surface area contributed by atoms with E-state index in [1.165, 1.54) is 37.8 Å². The van der Waals surface area contributed by atoms with Gasteiger partial charge in [0.15, 0.2) is 5.82 Å². The van der Waals surface area contributed by atoms with E-state index in [9.17, 15) is 0 Å². The van der Waals surface area contributed by atoms with E-state index < -0.39 is 0 Å². The zero-order chi connectivity index (χ0) is 11.7. The predicted octanol–water partition coefficient (Wildman–Crippen LogP) is 2.50. The van der Waals surface area contributed by atoms with Crippen molar-refractivity contribution in [1.82, 2.24) is 9.97 Å². The number of aryl methyl sites for hydroxylation is 2. The van der Waals surface area contributed by atoms with Gasteiger partial charge in [0.25, 0.3) is 0 Å². The molecule has 3 rings (SSSR count). The minimum atomic E-state index is 0.608. The Morgan fingerprint density at radius 1 is 1.18 bits per heavy atom. The molecule has 1 aromatic heterocycles. The minimum absolute atomic E-state index is 0.608. The topological polar surface area (TPSA) is 49.8 Å². The molecule has 4 heteroatoms. The van der Waals surface area contributed by atoms with E-state index in [0.29, 0.717) is 6.04 Å². The van der Waals surface area contributed by atoms with Crippen molar-refractivity contribution in [3.05, 3.63) is 11.5 Å². The zero-order valence-corrected chi connectivity index (χ0v) is 10.4. The lowest BCUT2D eigenvalue weighted by Crippen LogP contribution is -2.21. The Morgan fingerprint density at radius 2 is 2.00 bits per heavy atom. The Balaban J connectivity index is 1.88. The fourth-order valence-corrected chi connectivity index (χ4v) is 2.83. The highest BCUT2D eigenvalue weighted by Crippen LogP contribution is 2.30. The van der Waals surface area contributed by atoms with Gasteiger partial charge in [-0.05, 0) is 32.6 Å². The van der Waals surface area contributed by atoms with Crippen molar-refractivity contribution >= 4 is 11.5 Å². The van der Waals surface area contributed by atoms with Gasteiger partial charge in [0.1, 0.15) is 5.82 Å². The number of rotatable bonds is 2. The molecule has 1 saturated carbocycles. The second kappa shape index (κ2) is 4.51. The number of hydrogen-bond donors (Lipinski definition) is 2. The summed E-state index contributed by atoms with van der Waals surface area (Å²) in [6, 6.07) is 0.608. The molecule has 0 amide bonds. The van der Waals surface area contributed by atoms with Gasteiger partial charge in [-0.1, -0.05) is 12.8 Å². The number of aromatic nitrogens is 2. The molecule has 1 aliphatic heterocycles. The molecule has 2 heterocycles. The third kappa shape index (κ3) is 2.21. The first-order valence-electron chi connectivity index (χ1n) is 6.71. The summed E-state index contributed by atoms with van der Waals surface area (Å²) >= 11 is 0. The van der Waals surface area contributed by atoms with Crippen molar-refractivity contribution < 1.29 is 0 Å². The number of nitrogens with one attached hydrogen (secondary N) is 2. The fourth-order valence-electron chi connectivity index (χ4n) is 2.83. The van der Waals surface area contributed by atoms with Gasteiger partial charge < -0.3 is 10.6 Å². The summed E-state index contributed by atoms with van der Waals surface area (Å²) < 4.78 is 0. The van der Waals surface area contributed by atoms with Gasteiger partial charge in [0.05, 0.1) is 11.4 Å². The van der Waals surface area contributed by atoms with E-state index in [1.54, 1.807) is 0 Å². The molecule has 0 unspecified atom stereocenters. The first-order chi connectivity index (χ1) is 8.33. The molecule has 2 aliphatic rings. The molecular formula is C13H20N4. The maximum atomic E-state index is 4.57. The Morgan fingerprint density at radius 3 is 2.82 bits per heavy atom. The normalized spacial score (nSPS) is 19.8. The van der Waals surface area contributed by atoms with E-state index >= 15 is 0 Å². The van der Waals surface area contributed by atoms with Gasteiger partial charge in [-0.3, -0.25) is 0 Å². The van der Waals surface area contributed by atoms with Crippen LogP contribution in [0.5, 0.6) is 0 Å². The van der Waals surface area contributed by atoms with Crippen molar-refractivity contribution in [2.75, 3.05) is 17.2 Å². The molecule has 17 heavy (non-hydrogen) atoms. The van der Waals surface area contributed by atoms with Crippen LogP contribution in [0.25, 0.3) is 0 Å². The van der Waals surface area contributed by atoms with Crippen LogP contribution in [0.3, 0.4) is 0 Å². The third-order valence-corrected chi connectivity index (χ3v) is 3.68. The monoisotopic (exact) mass is 232 g/mol. The number of hydrogen-bond acceptors (Lipinski definition) is 4. The summed E-state index contributed by atoms with van der Waals surface area (Å²) in [5.41, 5.74) is 2.33. The summed E-state index contributed by atoms with van der Waals surface area (Å²) in [7, 11) is 0. The molecule has 2 N–H and O–H groups in total. The van der Waals surface area contributed by atoms with Crippen molar-refractivity contribution in [3.8, 4) is 0 Å². The van der Waals surface area contributed by atoms with Crippen LogP contribution in [-0.2, 0) is 6.42 Å². The fraction of sp³-hybridized carbons (Fsp3) is 0.692. The minimum Gasteiger partial charge on any atom is -0.381 e. The lowest BCUT2D eigenvalue weighted by molar-refractivity contribution is 0.739. The largest absolute Gasteiger partial charge is 0.381 e. The maximum Gasteiger partial charge on any atom is 0.153 e. The molecule has 0 saturated heterocycles. The molecular weight excluding hydrogens is 212 g/mol. The average molecular weight is 232 g/mol. The van der Waals surface area contributed by atoms with E-state index in [1.807, 2.05) is 6.92 Å². The van der Waals surface area contributed by atoms with Crippen LogP contribution in [0.4, 0.5) is 11.5 Å². The molecule has 92 valence electrons. The van der Waals surface area contributed by atoms with Crippen LogP contribution < -0.4 is 10.6 Å². The molecule has 0 bridgehead atoms. The molecule has 0 atom stereocenters. The van der Waals surface area contributed by atoms with Gasteiger partial charge in [-0.2, -0.15) is 0 Å². The van der Waals surface area contributed by atoms with Crippen LogP contribution in [0.15, 0.2) is 0 Å².